The molecule has 2 N–H and O–H groups in total. The molecule has 29 heavy (non-hydrogen) atoms. The molecule has 2 aromatic heterocycles. The highest BCUT2D eigenvalue weighted by Crippen LogP contribution is 2.36. The maximum Gasteiger partial charge on any atom is 0.341 e. The van der Waals surface area contributed by atoms with Crippen LogP contribution in [0.1, 0.15) is 23.7 Å². The maximum absolute atomic E-state index is 11.8. The van der Waals surface area contributed by atoms with Gasteiger partial charge in [0.25, 0.3) is 5.91 Å². The maximum atomic E-state index is 11.8. The smallest absolute Gasteiger partial charge is 0.341 e. The van der Waals surface area contributed by atoms with Gasteiger partial charge in [-0.05, 0) is 41.8 Å². The molecule has 0 fully saturated rings. The summed E-state index contributed by atoms with van der Waals surface area (Å²) in [6.45, 7) is 1.40. The number of carboxylic acids is 1. The second-order valence-corrected chi connectivity index (χ2v) is 6.78. The Morgan fingerprint density at radius 2 is 2.07 bits per heavy atom. The van der Waals surface area contributed by atoms with Gasteiger partial charge in [-0.25, -0.2) is 4.79 Å². The van der Waals surface area contributed by atoms with Crippen molar-refractivity contribution in [2.24, 2.45) is 0 Å². The SMILES string of the molecule is CCc1c(NC(=O)C=O)c2c(OCC(=O)O)cccn2c1Cc1cccc(Cl)c1. The number of aromatic nitrogens is 1. The van der Waals surface area contributed by atoms with Crippen LogP contribution in [0.2, 0.25) is 5.02 Å². The third-order valence-corrected chi connectivity index (χ3v) is 4.69. The lowest BCUT2D eigenvalue weighted by molar-refractivity contribution is -0.139. The Hall–Kier alpha value is -3.32. The van der Waals surface area contributed by atoms with Crippen LogP contribution < -0.4 is 10.1 Å². The van der Waals surface area contributed by atoms with Crippen molar-refractivity contribution < 1.29 is 24.2 Å². The first-order valence-corrected chi connectivity index (χ1v) is 9.32. The molecule has 2 heterocycles. The summed E-state index contributed by atoms with van der Waals surface area (Å²) in [4.78, 5) is 33.7. The van der Waals surface area contributed by atoms with Gasteiger partial charge in [0.05, 0.1) is 5.69 Å². The van der Waals surface area contributed by atoms with Crippen LogP contribution in [-0.2, 0) is 27.2 Å². The number of nitrogens with zero attached hydrogens (tertiary/aromatic N) is 1. The fraction of sp³-hybridized carbons (Fsp3) is 0.190. The van der Waals surface area contributed by atoms with Crippen molar-refractivity contribution in [3.63, 3.8) is 0 Å². The zero-order chi connectivity index (χ0) is 21.0. The molecule has 0 aliphatic rings. The molecule has 3 rings (SSSR count). The Bertz CT molecular complexity index is 1090. The zero-order valence-corrected chi connectivity index (χ0v) is 16.4. The van der Waals surface area contributed by atoms with E-state index in [-0.39, 0.29) is 6.29 Å². The largest absolute Gasteiger partial charge is 0.480 e. The van der Waals surface area contributed by atoms with Crippen LogP contribution in [0.5, 0.6) is 5.75 Å². The van der Waals surface area contributed by atoms with Crippen LogP contribution in [0, 0.1) is 0 Å². The molecule has 7 nitrogen and oxygen atoms in total. The van der Waals surface area contributed by atoms with Crippen molar-refractivity contribution in [1.29, 1.82) is 0 Å². The average Bonchev–Trinajstić information content (AvgIpc) is 2.99. The number of benzene rings is 1. The molecular formula is C21H19ClN2O5. The first-order chi connectivity index (χ1) is 13.9. The summed E-state index contributed by atoms with van der Waals surface area (Å²) in [6, 6.07) is 10.8. The number of ether oxygens (including phenoxy) is 1. The van der Waals surface area contributed by atoms with Crippen LogP contribution >= 0.6 is 11.6 Å². The molecular weight excluding hydrogens is 396 g/mol. The minimum atomic E-state index is -1.12. The Morgan fingerprint density at radius 3 is 2.72 bits per heavy atom. The number of pyridine rings is 1. The number of carbonyl (C=O) groups excluding carboxylic acids is 2. The Labute approximate surface area is 171 Å². The second-order valence-electron chi connectivity index (χ2n) is 6.34. The van der Waals surface area contributed by atoms with E-state index in [0.29, 0.717) is 34.8 Å². The van der Waals surface area contributed by atoms with Crippen molar-refractivity contribution in [3.05, 3.63) is 64.4 Å². The van der Waals surface area contributed by atoms with E-state index >= 15 is 0 Å². The lowest BCUT2D eigenvalue weighted by Gasteiger charge is -2.09. The van der Waals surface area contributed by atoms with E-state index in [0.717, 1.165) is 16.8 Å². The first kappa shape index (κ1) is 20.4. The number of hydrogen-bond donors (Lipinski definition) is 2. The van der Waals surface area contributed by atoms with Gasteiger partial charge in [0.15, 0.2) is 6.61 Å². The Kier molecular flexibility index (Phi) is 6.19. The van der Waals surface area contributed by atoms with Gasteiger partial charge in [-0.15, -0.1) is 0 Å². The van der Waals surface area contributed by atoms with E-state index in [4.69, 9.17) is 21.4 Å². The van der Waals surface area contributed by atoms with E-state index in [1.807, 2.05) is 29.5 Å². The molecule has 0 unspecified atom stereocenters. The predicted molar refractivity (Wildman–Crippen MR) is 109 cm³/mol. The lowest BCUT2D eigenvalue weighted by atomic mass is 10.0. The molecule has 0 aliphatic heterocycles. The number of aliphatic carboxylic acids is 1. The molecule has 1 aromatic carbocycles. The molecule has 0 saturated carbocycles. The normalized spacial score (nSPS) is 10.7. The number of nitrogens with one attached hydrogen (secondary N) is 1. The summed E-state index contributed by atoms with van der Waals surface area (Å²) in [7, 11) is 0. The highest BCUT2D eigenvalue weighted by Gasteiger charge is 2.22. The topological polar surface area (TPSA) is 97.1 Å². The van der Waals surface area contributed by atoms with Gasteiger partial charge in [0, 0.05) is 23.3 Å². The quantitative estimate of drug-likeness (QED) is 0.435. The highest BCUT2D eigenvalue weighted by molar-refractivity contribution is 6.31. The number of hydrogen-bond acceptors (Lipinski definition) is 4. The van der Waals surface area contributed by atoms with Gasteiger partial charge in [-0.3, -0.25) is 9.59 Å². The van der Waals surface area contributed by atoms with E-state index in [1.54, 1.807) is 24.4 Å². The van der Waals surface area contributed by atoms with Crippen LogP contribution in [-0.4, -0.2) is 34.3 Å². The minimum absolute atomic E-state index is 0.195. The molecule has 0 radical (unpaired) electrons. The number of carboxylic acid groups (broad SMARTS) is 1. The van der Waals surface area contributed by atoms with Crippen LogP contribution in [0.4, 0.5) is 5.69 Å². The third-order valence-electron chi connectivity index (χ3n) is 4.46. The number of aldehydes is 1. The average molecular weight is 415 g/mol. The van der Waals surface area contributed by atoms with E-state index in [1.165, 1.54) is 0 Å². The molecule has 0 spiro atoms. The number of amides is 1. The monoisotopic (exact) mass is 414 g/mol. The summed E-state index contributed by atoms with van der Waals surface area (Å²) < 4.78 is 7.28. The number of halogens is 1. The summed E-state index contributed by atoms with van der Waals surface area (Å²) >= 11 is 6.11. The highest BCUT2D eigenvalue weighted by atomic mass is 35.5. The second kappa shape index (κ2) is 8.79. The Balaban J connectivity index is 2.21. The van der Waals surface area contributed by atoms with Crippen LogP contribution in [0.25, 0.3) is 5.52 Å². The van der Waals surface area contributed by atoms with Crippen LogP contribution in [0.15, 0.2) is 42.6 Å². The zero-order valence-electron chi connectivity index (χ0n) is 15.6. The van der Waals surface area contributed by atoms with Crippen LogP contribution in [0.3, 0.4) is 0 Å². The van der Waals surface area contributed by atoms with Gasteiger partial charge in [0.2, 0.25) is 6.29 Å². The lowest BCUT2D eigenvalue weighted by Crippen LogP contribution is -2.14. The molecule has 3 aromatic rings. The summed E-state index contributed by atoms with van der Waals surface area (Å²) in [6.07, 6.45) is 3.09. The fourth-order valence-electron chi connectivity index (χ4n) is 3.35. The summed E-state index contributed by atoms with van der Waals surface area (Å²) in [5.74, 6) is -1.62. The van der Waals surface area contributed by atoms with Crippen molar-refractivity contribution >= 4 is 41.0 Å². The molecule has 0 atom stereocenters. The summed E-state index contributed by atoms with van der Waals surface area (Å²) in [5, 5.41) is 12.2. The standard InChI is InChI=1S/C21H19ClN2O5/c1-2-15-16(10-13-5-3-6-14(22)9-13)24-8-4-7-17(29-12-19(27)28)21(24)20(15)23-18(26)11-25/h3-9,11H,2,10,12H2,1H3,(H,23,26)(H,27,28). The number of anilines is 1. The van der Waals surface area contributed by atoms with Gasteiger partial charge in [-0.2, -0.15) is 0 Å². The number of fused-ring (bicyclic) bond motifs is 1. The van der Waals surface area contributed by atoms with Crippen molar-refractivity contribution in [2.45, 2.75) is 19.8 Å². The van der Waals surface area contributed by atoms with Crippen molar-refractivity contribution in [2.75, 3.05) is 11.9 Å². The Morgan fingerprint density at radius 1 is 1.28 bits per heavy atom. The van der Waals surface area contributed by atoms with Crippen molar-refractivity contribution in [1.82, 2.24) is 4.40 Å². The van der Waals surface area contributed by atoms with Gasteiger partial charge >= 0.3 is 5.97 Å². The molecule has 8 heteroatoms. The first-order valence-electron chi connectivity index (χ1n) is 8.94. The molecule has 1 amide bonds. The van der Waals surface area contributed by atoms with E-state index < -0.39 is 18.5 Å². The number of carbonyl (C=O) groups is 3. The molecule has 150 valence electrons. The predicted octanol–water partition coefficient (Wildman–Crippen LogP) is 3.35. The molecule has 0 saturated heterocycles. The minimum Gasteiger partial charge on any atom is -0.480 e. The van der Waals surface area contributed by atoms with Gasteiger partial charge < -0.3 is 19.6 Å². The molecule has 0 bridgehead atoms. The summed E-state index contributed by atoms with van der Waals surface area (Å²) in [5.41, 5.74) is 3.61. The fourth-order valence-corrected chi connectivity index (χ4v) is 3.56. The third kappa shape index (κ3) is 4.41. The van der Waals surface area contributed by atoms with E-state index in [2.05, 4.69) is 5.32 Å². The van der Waals surface area contributed by atoms with Gasteiger partial charge in [0.1, 0.15) is 11.3 Å². The van der Waals surface area contributed by atoms with Gasteiger partial charge in [-0.1, -0.05) is 30.7 Å². The number of rotatable bonds is 8. The van der Waals surface area contributed by atoms with E-state index in [9.17, 15) is 14.4 Å². The molecule has 0 aliphatic carbocycles. The van der Waals surface area contributed by atoms with Crippen molar-refractivity contribution in [3.8, 4) is 5.75 Å².